The van der Waals surface area contributed by atoms with Crippen molar-refractivity contribution in [1.29, 1.82) is 0 Å². The number of carboxylic acids is 2. The standard InChI is InChI=1S/C4H6O4.C2H5NOS/c5-3(6)1-2-4(7)8;3-2(4)1-5/h1-2H2,(H,5,6)(H,7,8);5H,1H2,(H2,3,4). The normalized spacial score (nSPS) is 8.08. The lowest BCUT2D eigenvalue weighted by Gasteiger charge is -1.85. The summed E-state index contributed by atoms with van der Waals surface area (Å²) in [5.74, 6) is -2.40. The number of carboxylic acid groups (broad SMARTS) is 2. The Balaban J connectivity index is 0. The van der Waals surface area contributed by atoms with Gasteiger partial charge in [0.2, 0.25) is 5.91 Å². The Bertz CT molecular complexity index is 179. The van der Waals surface area contributed by atoms with Crippen LogP contribution in [-0.2, 0) is 14.4 Å². The van der Waals surface area contributed by atoms with Gasteiger partial charge in [0.15, 0.2) is 0 Å². The second-order valence-corrected chi connectivity index (χ2v) is 2.23. The third kappa shape index (κ3) is 24.9. The molecule has 0 rings (SSSR count). The van der Waals surface area contributed by atoms with Crippen LogP contribution < -0.4 is 5.73 Å². The van der Waals surface area contributed by atoms with E-state index in [1.165, 1.54) is 0 Å². The molecule has 0 atom stereocenters. The minimum Gasteiger partial charge on any atom is -0.481 e. The molecule has 13 heavy (non-hydrogen) atoms. The van der Waals surface area contributed by atoms with E-state index < -0.39 is 11.9 Å². The van der Waals surface area contributed by atoms with Crippen LogP contribution in [0.3, 0.4) is 0 Å². The van der Waals surface area contributed by atoms with Crippen molar-refractivity contribution in [3.63, 3.8) is 0 Å². The molecule has 0 aliphatic heterocycles. The van der Waals surface area contributed by atoms with Crippen LogP contribution >= 0.6 is 12.6 Å². The van der Waals surface area contributed by atoms with E-state index in [-0.39, 0.29) is 24.5 Å². The van der Waals surface area contributed by atoms with Crippen LogP contribution in [0.2, 0.25) is 0 Å². The number of hydrogen-bond acceptors (Lipinski definition) is 4. The maximum Gasteiger partial charge on any atom is 0.303 e. The molecule has 4 N–H and O–H groups in total. The highest BCUT2D eigenvalue weighted by Crippen LogP contribution is 1.86. The van der Waals surface area contributed by atoms with Crippen molar-refractivity contribution >= 4 is 30.5 Å². The highest BCUT2D eigenvalue weighted by Gasteiger charge is 2.00. The third-order valence-corrected chi connectivity index (χ3v) is 1.02. The molecule has 0 radical (unpaired) electrons. The first-order valence-electron chi connectivity index (χ1n) is 3.23. The molecule has 0 unspecified atom stereocenters. The number of hydrogen-bond donors (Lipinski definition) is 4. The van der Waals surface area contributed by atoms with Crippen LogP contribution in [0.25, 0.3) is 0 Å². The SMILES string of the molecule is NC(=O)CS.O=C(O)CCC(=O)O. The first kappa shape index (κ1) is 14.3. The highest BCUT2D eigenvalue weighted by atomic mass is 32.1. The summed E-state index contributed by atoms with van der Waals surface area (Å²) < 4.78 is 0. The second-order valence-electron chi connectivity index (χ2n) is 1.91. The average molecular weight is 209 g/mol. The number of thiol groups is 1. The Hall–Kier alpha value is -1.24. The molecule has 0 bridgehead atoms. The largest absolute Gasteiger partial charge is 0.481 e. The molecule has 0 aromatic rings. The Labute approximate surface area is 80.1 Å². The van der Waals surface area contributed by atoms with Crippen molar-refractivity contribution in [3.8, 4) is 0 Å². The van der Waals surface area contributed by atoms with Crippen molar-refractivity contribution in [3.05, 3.63) is 0 Å². The topological polar surface area (TPSA) is 118 Å². The molecule has 0 aromatic heterocycles. The predicted octanol–water partition coefficient (Wildman–Crippen LogP) is -0.663. The number of aliphatic carboxylic acids is 2. The highest BCUT2D eigenvalue weighted by molar-refractivity contribution is 7.81. The van der Waals surface area contributed by atoms with Gasteiger partial charge in [-0.15, -0.1) is 0 Å². The summed E-state index contributed by atoms with van der Waals surface area (Å²) in [6.07, 6.45) is -0.593. The Morgan fingerprint density at radius 2 is 1.31 bits per heavy atom. The zero-order valence-electron chi connectivity index (χ0n) is 6.77. The molecule has 1 amide bonds. The zero-order chi connectivity index (χ0) is 10.9. The summed E-state index contributed by atoms with van der Waals surface area (Å²) in [7, 11) is 0. The predicted molar refractivity (Wildman–Crippen MR) is 47.6 cm³/mol. The van der Waals surface area contributed by atoms with E-state index in [1.807, 2.05) is 0 Å². The van der Waals surface area contributed by atoms with Gasteiger partial charge in [-0.3, -0.25) is 14.4 Å². The molecular weight excluding hydrogens is 198 g/mol. The molecule has 0 fully saturated rings. The van der Waals surface area contributed by atoms with Gasteiger partial charge in [0.25, 0.3) is 0 Å². The molecule has 0 saturated heterocycles. The number of carbonyl (C=O) groups is 3. The van der Waals surface area contributed by atoms with Crippen LogP contribution in [-0.4, -0.2) is 33.8 Å². The van der Waals surface area contributed by atoms with Gasteiger partial charge < -0.3 is 15.9 Å². The van der Waals surface area contributed by atoms with Gasteiger partial charge in [0.05, 0.1) is 18.6 Å². The average Bonchev–Trinajstić information content (AvgIpc) is 2.02. The van der Waals surface area contributed by atoms with Gasteiger partial charge in [-0.2, -0.15) is 12.6 Å². The Kier molecular flexibility index (Phi) is 9.73. The number of rotatable bonds is 4. The smallest absolute Gasteiger partial charge is 0.303 e. The third-order valence-electron chi connectivity index (χ3n) is 0.709. The van der Waals surface area contributed by atoms with E-state index in [4.69, 9.17) is 10.2 Å². The first-order valence-corrected chi connectivity index (χ1v) is 3.86. The molecule has 0 saturated carbocycles. The van der Waals surface area contributed by atoms with E-state index in [9.17, 15) is 14.4 Å². The van der Waals surface area contributed by atoms with Crippen molar-refractivity contribution in [2.75, 3.05) is 5.75 Å². The maximum absolute atomic E-state index is 9.64. The van der Waals surface area contributed by atoms with Crippen molar-refractivity contribution in [2.45, 2.75) is 12.8 Å². The Morgan fingerprint density at radius 1 is 1.08 bits per heavy atom. The van der Waals surface area contributed by atoms with Crippen LogP contribution in [0.15, 0.2) is 0 Å². The lowest BCUT2D eigenvalue weighted by molar-refractivity contribution is -0.143. The molecule has 7 heteroatoms. The van der Waals surface area contributed by atoms with Crippen LogP contribution in [0.1, 0.15) is 12.8 Å². The number of nitrogens with two attached hydrogens (primary N) is 1. The number of primary amides is 1. The number of carbonyl (C=O) groups excluding carboxylic acids is 1. The van der Waals surface area contributed by atoms with Gasteiger partial charge in [-0.1, -0.05) is 0 Å². The summed E-state index contributed by atoms with van der Waals surface area (Å²) in [6, 6.07) is 0. The second kappa shape index (κ2) is 8.85. The van der Waals surface area contributed by atoms with Gasteiger partial charge in [0, 0.05) is 0 Å². The summed E-state index contributed by atoms with van der Waals surface area (Å²) in [4.78, 5) is 28.8. The monoisotopic (exact) mass is 209 g/mol. The molecule has 6 nitrogen and oxygen atoms in total. The van der Waals surface area contributed by atoms with Crippen LogP contribution in [0.5, 0.6) is 0 Å². The summed E-state index contributed by atoms with van der Waals surface area (Å²) in [5, 5.41) is 15.8. The summed E-state index contributed by atoms with van der Waals surface area (Å²) in [6.45, 7) is 0. The summed E-state index contributed by atoms with van der Waals surface area (Å²) in [5.41, 5.74) is 4.58. The fraction of sp³-hybridized carbons (Fsp3) is 0.500. The van der Waals surface area contributed by atoms with Crippen LogP contribution in [0.4, 0.5) is 0 Å². The van der Waals surface area contributed by atoms with Gasteiger partial charge >= 0.3 is 11.9 Å². The van der Waals surface area contributed by atoms with Gasteiger partial charge in [-0.05, 0) is 0 Å². The quantitative estimate of drug-likeness (QED) is 0.458. The fourth-order valence-electron chi connectivity index (χ4n) is 0.214. The van der Waals surface area contributed by atoms with E-state index in [0.717, 1.165) is 0 Å². The molecule has 76 valence electrons. The minimum absolute atomic E-state index is 0.139. The fourth-order valence-corrected chi connectivity index (χ4v) is 0.214. The summed E-state index contributed by atoms with van der Waals surface area (Å²) >= 11 is 3.54. The molecular formula is C6H11NO5S. The molecule has 0 aliphatic rings. The zero-order valence-corrected chi connectivity index (χ0v) is 7.66. The Morgan fingerprint density at radius 3 is 1.38 bits per heavy atom. The molecule has 0 spiro atoms. The van der Waals surface area contributed by atoms with Crippen molar-refractivity contribution in [2.24, 2.45) is 5.73 Å². The van der Waals surface area contributed by atoms with E-state index in [1.54, 1.807) is 0 Å². The molecule has 0 aliphatic carbocycles. The number of amides is 1. The van der Waals surface area contributed by atoms with E-state index in [2.05, 4.69) is 18.4 Å². The maximum atomic E-state index is 9.64. The van der Waals surface area contributed by atoms with Gasteiger partial charge in [0.1, 0.15) is 0 Å². The van der Waals surface area contributed by atoms with Crippen molar-refractivity contribution in [1.82, 2.24) is 0 Å². The van der Waals surface area contributed by atoms with E-state index >= 15 is 0 Å². The van der Waals surface area contributed by atoms with E-state index in [0.29, 0.717) is 0 Å². The molecule has 0 aromatic carbocycles. The van der Waals surface area contributed by atoms with Crippen molar-refractivity contribution < 1.29 is 24.6 Å². The van der Waals surface area contributed by atoms with Crippen LogP contribution in [0, 0.1) is 0 Å². The minimum atomic E-state index is -1.08. The lowest BCUT2D eigenvalue weighted by atomic mass is 10.3. The lowest BCUT2D eigenvalue weighted by Crippen LogP contribution is -2.10. The van der Waals surface area contributed by atoms with Gasteiger partial charge in [-0.25, -0.2) is 0 Å². The first-order chi connectivity index (χ1) is 5.90. The molecule has 0 heterocycles.